The normalized spacial score (nSPS) is 12.7. The Hall–Kier alpha value is -0.860. The molecule has 0 saturated carbocycles. The van der Waals surface area contributed by atoms with E-state index in [2.05, 4.69) is 36.5 Å². The van der Waals surface area contributed by atoms with Gasteiger partial charge in [0.2, 0.25) is 0 Å². The second-order valence-corrected chi connectivity index (χ2v) is 3.46. The zero-order chi connectivity index (χ0) is 10.2. The van der Waals surface area contributed by atoms with Gasteiger partial charge in [0.25, 0.3) is 0 Å². The molecule has 0 saturated heterocycles. The molecule has 1 atom stereocenters. The summed E-state index contributed by atoms with van der Waals surface area (Å²) in [7, 11) is 0. The van der Waals surface area contributed by atoms with Gasteiger partial charge >= 0.3 is 0 Å². The summed E-state index contributed by atoms with van der Waals surface area (Å²) in [5.41, 5.74) is 1.33. The molecule has 0 aliphatic carbocycles. The van der Waals surface area contributed by atoms with Crippen molar-refractivity contribution in [3.63, 3.8) is 0 Å². The van der Waals surface area contributed by atoms with E-state index < -0.39 is 0 Å². The topological polar surface area (TPSA) is 32.3 Å². The van der Waals surface area contributed by atoms with Gasteiger partial charge in [-0.1, -0.05) is 37.3 Å². The number of aliphatic hydroxyl groups is 1. The quantitative estimate of drug-likeness (QED) is 0.719. The third-order valence-electron chi connectivity index (χ3n) is 2.30. The van der Waals surface area contributed by atoms with Gasteiger partial charge in [0.15, 0.2) is 0 Å². The molecule has 0 radical (unpaired) electrons. The molecule has 0 aromatic heterocycles. The summed E-state index contributed by atoms with van der Waals surface area (Å²) in [6, 6.07) is 10.8. The van der Waals surface area contributed by atoms with Crippen molar-refractivity contribution in [2.45, 2.75) is 25.8 Å². The number of rotatable bonds is 6. The van der Waals surface area contributed by atoms with E-state index in [0.29, 0.717) is 6.04 Å². The Labute approximate surface area is 86.0 Å². The van der Waals surface area contributed by atoms with E-state index in [1.54, 1.807) is 0 Å². The van der Waals surface area contributed by atoms with Crippen molar-refractivity contribution >= 4 is 0 Å². The molecule has 0 spiro atoms. The summed E-state index contributed by atoms with van der Waals surface area (Å²) in [6.45, 7) is 3.30. The molecule has 0 heterocycles. The van der Waals surface area contributed by atoms with Gasteiger partial charge < -0.3 is 10.4 Å². The van der Waals surface area contributed by atoms with E-state index in [9.17, 15) is 0 Å². The molecule has 1 unspecified atom stereocenters. The van der Waals surface area contributed by atoms with Crippen molar-refractivity contribution in [2.75, 3.05) is 13.2 Å². The van der Waals surface area contributed by atoms with E-state index in [4.69, 9.17) is 5.11 Å². The van der Waals surface area contributed by atoms with Crippen LogP contribution in [0.1, 0.15) is 18.9 Å². The smallest absolute Gasteiger partial charge is 0.0445 e. The molecule has 1 rings (SSSR count). The molecular formula is C12H19NO. The Morgan fingerprint density at radius 3 is 2.57 bits per heavy atom. The Bertz CT molecular complexity index is 229. The lowest BCUT2D eigenvalue weighted by atomic mass is 10.0. The molecular weight excluding hydrogens is 174 g/mol. The Morgan fingerprint density at radius 2 is 2.00 bits per heavy atom. The number of hydrogen-bond acceptors (Lipinski definition) is 2. The van der Waals surface area contributed by atoms with Crippen molar-refractivity contribution in [3.8, 4) is 0 Å². The first-order chi connectivity index (χ1) is 6.86. The van der Waals surface area contributed by atoms with Crippen LogP contribution < -0.4 is 5.32 Å². The van der Waals surface area contributed by atoms with Gasteiger partial charge in [-0.05, 0) is 24.9 Å². The van der Waals surface area contributed by atoms with Crippen molar-refractivity contribution in [2.24, 2.45) is 0 Å². The SMILES string of the molecule is CCNC(CCO)Cc1ccccc1. The first kappa shape index (κ1) is 11.2. The second-order valence-electron chi connectivity index (χ2n) is 3.46. The lowest BCUT2D eigenvalue weighted by Crippen LogP contribution is -2.31. The van der Waals surface area contributed by atoms with Gasteiger partial charge in [0.1, 0.15) is 0 Å². The number of nitrogens with one attached hydrogen (secondary N) is 1. The number of benzene rings is 1. The van der Waals surface area contributed by atoms with E-state index in [1.807, 2.05) is 6.07 Å². The minimum absolute atomic E-state index is 0.254. The van der Waals surface area contributed by atoms with Crippen LogP contribution in [0.2, 0.25) is 0 Å². The molecule has 78 valence electrons. The molecule has 2 heteroatoms. The monoisotopic (exact) mass is 193 g/mol. The lowest BCUT2D eigenvalue weighted by Gasteiger charge is -2.16. The van der Waals surface area contributed by atoms with Crippen LogP contribution >= 0.6 is 0 Å². The van der Waals surface area contributed by atoms with Crippen LogP contribution in [0, 0.1) is 0 Å². The molecule has 14 heavy (non-hydrogen) atoms. The first-order valence-electron chi connectivity index (χ1n) is 5.25. The van der Waals surface area contributed by atoms with Crippen LogP contribution in [0.4, 0.5) is 0 Å². The highest BCUT2D eigenvalue weighted by Crippen LogP contribution is 2.05. The Morgan fingerprint density at radius 1 is 1.29 bits per heavy atom. The van der Waals surface area contributed by atoms with Crippen LogP contribution in [0.15, 0.2) is 30.3 Å². The zero-order valence-electron chi connectivity index (χ0n) is 8.74. The van der Waals surface area contributed by atoms with E-state index in [1.165, 1.54) is 5.56 Å². The predicted octanol–water partition coefficient (Wildman–Crippen LogP) is 1.59. The van der Waals surface area contributed by atoms with E-state index in [-0.39, 0.29) is 6.61 Å². The van der Waals surface area contributed by atoms with E-state index in [0.717, 1.165) is 19.4 Å². The van der Waals surface area contributed by atoms with Crippen molar-refractivity contribution in [3.05, 3.63) is 35.9 Å². The van der Waals surface area contributed by atoms with E-state index >= 15 is 0 Å². The van der Waals surface area contributed by atoms with Crippen molar-refractivity contribution < 1.29 is 5.11 Å². The Kier molecular flexibility index (Phi) is 5.27. The molecule has 0 bridgehead atoms. The fraction of sp³-hybridized carbons (Fsp3) is 0.500. The number of aliphatic hydroxyl groups excluding tert-OH is 1. The molecule has 1 aromatic rings. The summed E-state index contributed by atoms with van der Waals surface area (Å²) < 4.78 is 0. The van der Waals surface area contributed by atoms with Crippen molar-refractivity contribution in [1.29, 1.82) is 0 Å². The minimum Gasteiger partial charge on any atom is -0.396 e. The van der Waals surface area contributed by atoms with Crippen LogP contribution in [-0.4, -0.2) is 24.3 Å². The highest BCUT2D eigenvalue weighted by atomic mass is 16.3. The zero-order valence-corrected chi connectivity index (χ0v) is 8.74. The molecule has 0 aliphatic rings. The fourth-order valence-electron chi connectivity index (χ4n) is 1.62. The largest absolute Gasteiger partial charge is 0.396 e. The maximum atomic E-state index is 8.90. The average molecular weight is 193 g/mol. The highest BCUT2D eigenvalue weighted by molar-refractivity contribution is 5.15. The summed E-state index contributed by atoms with van der Waals surface area (Å²) in [5, 5.41) is 12.3. The molecule has 2 N–H and O–H groups in total. The molecule has 0 aliphatic heterocycles. The number of hydrogen-bond donors (Lipinski definition) is 2. The van der Waals surface area contributed by atoms with Crippen LogP contribution in [0.5, 0.6) is 0 Å². The van der Waals surface area contributed by atoms with Gasteiger partial charge in [0.05, 0.1) is 0 Å². The van der Waals surface area contributed by atoms with Crippen LogP contribution in [0.25, 0.3) is 0 Å². The standard InChI is InChI=1S/C12H19NO/c1-2-13-12(8-9-14)10-11-6-4-3-5-7-11/h3-7,12-14H,2,8-10H2,1H3. The van der Waals surface area contributed by atoms with Gasteiger partial charge in [0, 0.05) is 12.6 Å². The van der Waals surface area contributed by atoms with Crippen molar-refractivity contribution in [1.82, 2.24) is 5.32 Å². The van der Waals surface area contributed by atoms with Gasteiger partial charge in [-0.2, -0.15) is 0 Å². The van der Waals surface area contributed by atoms with Gasteiger partial charge in [-0.25, -0.2) is 0 Å². The molecule has 2 nitrogen and oxygen atoms in total. The molecule has 1 aromatic carbocycles. The first-order valence-corrected chi connectivity index (χ1v) is 5.25. The van der Waals surface area contributed by atoms with Crippen LogP contribution in [0.3, 0.4) is 0 Å². The lowest BCUT2D eigenvalue weighted by molar-refractivity contribution is 0.265. The highest BCUT2D eigenvalue weighted by Gasteiger charge is 2.06. The molecule has 0 fully saturated rings. The van der Waals surface area contributed by atoms with Gasteiger partial charge in [-0.3, -0.25) is 0 Å². The molecule has 0 amide bonds. The fourth-order valence-corrected chi connectivity index (χ4v) is 1.62. The van der Waals surface area contributed by atoms with Gasteiger partial charge in [-0.15, -0.1) is 0 Å². The third-order valence-corrected chi connectivity index (χ3v) is 2.30. The maximum absolute atomic E-state index is 8.90. The summed E-state index contributed by atoms with van der Waals surface area (Å²) in [5.74, 6) is 0. The summed E-state index contributed by atoms with van der Waals surface area (Å²) in [4.78, 5) is 0. The maximum Gasteiger partial charge on any atom is 0.0445 e. The summed E-state index contributed by atoms with van der Waals surface area (Å²) >= 11 is 0. The minimum atomic E-state index is 0.254. The average Bonchev–Trinajstić information content (AvgIpc) is 2.20. The second kappa shape index (κ2) is 6.57. The summed E-state index contributed by atoms with van der Waals surface area (Å²) in [6.07, 6.45) is 1.82. The third kappa shape index (κ3) is 3.90. The predicted molar refractivity (Wildman–Crippen MR) is 59.3 cm³/mol. The number of likely N-dealkylation sites (N-methyl/N-ethyl adjacent to an activating group) is 1. The Balaban J connectivity index is 2.46. The van der Waals surface area contributed by atoms with Crippen LogP contribution in [-0.2, 0) is 6.42 Å².